The van der Waals surface area contributed by atoms with Crippen molar-refractivity contribution in [1.29, 1.82) is 0 Å². The Labute approximate surface area is 185 Å². The van der Waals surface area contributed by atoms with Gasteiger partial charge in [-0.1, -0.05) is 42.5 Å². The van der Waals surface area contributed by atoms with Crippen LogP contribution >= 0.6 is 0 Å². The summed E-state index contributed by atoms with van der Waals surface area (Å²) in [7, 11) is 0. The number of urea groups is 1. The highest BCUT2D eigenvalue weighted by Crippen LogP contribution is 2.30. The lowest BCUT2D eigenvalue weighted by Gasteiger charge is -2.24. The van der Waals surface area contributed by atoms with Gasteiger partial charge in [0.05, 0.1) is 18.7 Å². The molecule has 5 amide bonds. The molecule has 4 rings (SSSR count). The number of hydrogen-bond acceptors (Lipinski definition) is 5. The molecule has 32 heavy (non-hydrogen) atoms. The van der Waals surface area contributed by atoms with Crippen molar-refractivity contribution in [3.05, 3.63) is 60.2 Å². The third-order valence-corrected chi connectivity index (χ3v) is 5.59. The highest BCUT2D eigenvalue weighted by molar-refractivity contribution is 6.08. The number of anilines is 1. The van der Waals surface area contributed by atoms with Crippen LogP contribution in [0.4, 0.5) is 10.5 Å². The number of imide groups is 1. The number of ether oxygens (including phenoxy) is 1. The lowest BCUT2D eigenvalue weighted by Crippen LogP contribution is -2.52. The monoisotopic (exact) mass is 436 g/mol. The Balaban J connectivity index is 1.42. The molecule has 2 heterocycles. The van der Waals surface area contributed by atoms with E-state index in [1.54, 1.807) is 31.2 Å². The van der Waals surface area contributed by atoms with Gasteiger partial charge < -0.3 is 10.1 Å². The fourth-order valence-electron chi connectivity index (χ4n) is 3.79. The number of carbonyl (C=O) groups excluding carboxylic acids is 4. The number of amides is 5. The maximum atomic E-state index is 12.9. The minimum Gasteiger partial charge on any atom is -0.491 e. The van der Waals surface area contributed by atoms with Crippen LogP contribution in [0.1, 0.15) is 25.3 Å². The molecule has 2 N–H and O–H groups in total. The van der Waals surface area contributed by atoms with Crippen LogP contribution in [0.5, 0.6) is 5.75 Å². The number of nitrogens with zero attached hydrogens (tertiary/aromatic N) is 2. The maximum absolute atomic E-state index is 12.9. The number of fused-ring (bicyclic) bond motifs is 1. The second-order valence-corrected chi connectivity index (χ2v) is 7.97. The molecule has 0 unspecified atom stereocenters. The fraction of sp³-hybridized carbons (Fsp3) is 0.304. The van der Waals surface area contributed by atoms with Gasteiger partial charge in [0.25, 0.3) is 11.8 Å². The molecule has 0 aromatic heterocycles. The Bertz CT molecular complexity index is 1060. The summed E-state index contributed by atoms with van der Waals surface area (Å²) in [4.78, 5) is 51.9. The zero-order valence-electron chi connectivity index (χ0n) is 17.7. The predicted octanol–water partition coefficient (Wildman–Crippen LogP) is 1.78. The summed E-state index contributed by atoms with van der Waals surface area (Å²) in [5.41, 5.74) is 2.72. The molecule has 0 spiro atoms. The highest BCUT2D eigenvalue weighted by Gasteiger charge is 2.48. The molecule has 0 radical (unpaired) electrons. The molecule has 2 aromatic carbocycles. The van der Waals surface area contributed by atoms with Crippen molar-refractivity contribution in [3.63, 3.8) is 0 Å². The first-order valence-electron chi connectivity index (χ1n) is 10.4. The summed E-state index contributed by atoms with van der Waals surface area (Å²) in [5, 5.41) is 3.36. The average molecular weight is 436 g/mol. The molecule has 2 aromatic rings. The van der Waals surface area contributed by atoms with E-state index in [4.69, 9.17) is 4.74 Å². The molecule has 1 atom stereocenters. The summed E-state index contributed by atoms with van der Waals surface area (Å²) in [5.74, 6) is -0.992. The second-order valence-electron chi connectivity index (χ2n) is 7.97. The molecule has 166 valence electrons. The predicted molar refractivity (Wildman–Crippen MR) is 116 cm³/mol. The van der Waals surface area contributed by atoms with E-state index in [-0.39, 0.29) is 25.5 Å². The van der Waals surface area contributed by atoms with E-state index in [1.807, 2.05) is 30.3 Å². The Morgan fingerprint density at radius 2 is 1.81 bits per heavy atom. The van der Waals surface area contributed by atoms with Crippen molar-refractivity contribution in [2.75, 3.05) is 18.1 Å². The number of nitrogens with one attached hydrogen (secondary N) is 2. The molecule has 2 aliphatic heterocycles. The largest absolute Gasteiger partial charge is 0.491 e. The number of carbonyl (C=O) groups is 4. The molecule has 9 heteroatoms. The van der Waals surface area contributed by atoms with Crippen molar-refractivity contribution in [2.45, 2.75) is 31.7 Å². The van der Waals surface area contributed by atoms with Gasteiger partial charge >= 0.3 is 6.03 Å². The van der Waals surface area contributed by atoms with Crippen LogP contribution in [-0.4, -0.2) is 47.5 Å². The third kappa shape index (κ3) is 4.27. The SMILES string of the molecule is C[C@@]1(CCc2ccccc2)NC(=O)N(NC(=O)CN2C(=O)CCOc3ccccc32)C1=O. The number of hydrazine groups is 1. The molecule has 0 bridgehead atoms. The standard InChI is InChI=1S/C23H24N4O5/c1-23(13-11-16-7-3-2-4-8-16)21(30)27(22(31)24-23)25-19(28)15-26-17-9-5-6-10-18(17)32-14-12-20(26)29/h2-10H,11-15H2,1H3,(H,24,31)(H,25,28)/t23-/m0/s1. The van der Waals surface area contributed by atoms with Gasteiger partial charge in [0.2, 0.25) is 5.91 Å². The van der Waals surface area contributed by atoms with Gasteiger partial charge in [-0.05, 0) is 37.5 Å². The van der Waals surface area contributed by atoms with Crippen molar-refractivity contribution in [3.8, 4) is 5.75 Å². The molecular formula is C23H24N4O5. The van der Waals surface area contributed by atoms with Crippen molar-refractivity contribution in [2.24, 2.45) is 0 Å². The van der Waals surface area contributed by atoms with E-state index in [0.29, 0.717) is 29.3 Å². The number of aryl methyl sites for hydroxylation is 1. The van der Waals surface area contributed by atoms with E-state index < -0.39 is 23.4 Å². The Morgan fingerprint density at radius 3 is 2.59 bits per heavy atom. The van der Waals surface area contributed by atoms with Crippen molar-refractivity contribution < 1.29 is 23.9 Å². The fourth-order valence-corrected chi connectivity index (χ4v) is 3.79. The first kappa shape index (κ1) is 21.4. The quantitative estimate of drug-likeness (QED) is 0.671. The van der Waals surface area contributed by atoms with E-state index in [0.717, 1.165) is 5.56 Å². The van der Waals surface area contributed by atoms with Gasteiger partial charge in [0.15, 0.2) is 0 Å². The van der Waals surface area contributed by atoms with E-state index in [9.17, 15) is 19.2 Å². The normalized spacial score (nSPS) is 20.3. The summed E-state index contributed by atoms with van der Waals surface area (Å²) >= 11 is 0. The van der Waals surface area contributed by atoms with Gasteiger partial charge in [0.1, 0.15) is 17.8 Å². The van der Waals surface area contributed by atoms with Crippen LogP contribution in [-0.2, 0) is 20.8 Å². The van der Waals surface area contributed by atoms with Crippen molar-refractivity contribution >= 4 is 29.4 Å². The molecule has 0 saturated carbocycles. The van der Waals surface area contributed by atoms with Crippen LogP contribution in [0.15, 0.2) is 54.6 Å². The third-order valence-electron chi connectivity index (χ3n) is 5.59. The first-order chi connectivity index (χ1) is 15.4. The molecule has 1 saturated heterocycles. The number of para-hydroxylation sites is 2. The Kier molecular flexibility index (Phi) is 5.81. The summed E-state index contributed by atoms with van der Waals surface area (Å²) < 4.78 is 5.57. The van der Waals surface area contributed by atoms with Crippen LogP contribution in [0.2, 0.25) is 0 Å². The number of hydrogen-bond donors (Lipinski definition) is 2. The topological polar surface area (TPSA) is 108 Å². The zero-order chi connectivity index (χ0) is 22.7. The maximum Gasteiger partial charge on any atom is 0.344 e. The van der Waals surface area contributed by atoms with Crippen molar-refractivity contribution in [1.82, 2.24) is 15.8 Å². The molecule has 1 fully saturated rings. The number of benzene rings is 2. The van der Waals surface area contributed by atoms with Gasteiger partial charge in [-0.25, -0.2) is 4.79 Å². The van der Waals surface area contributed by atoms with Crippen LogP contribution in [0, 0.1) is 0 Å². The van der Waals surface area contributed by atoms with Gasteiger partial charge in [0, 0.05) is 0 Å². The van der Waals surface area contributed by atoms with Gasteiger partial charge in [-0.3, -0.25) is 24.7 Å². The Hall–Kier alpha value is -3.88. The minimum absolute atomic E-state index is 0.114. The summed E-state index contributed by atoms with van der Waals surface area (Å²) in [6.45, 7) is 1.49. The lowest BCUT2D eigenvalue weighted by atomic mass is 9.93. The molecular weight excluding hydrogens is 412 g/mol. The molecule has 9 nitrogen and oxygen atoms in total. The van der Waals surface area contributed by atoms with E-state index in [2.05, 4.69) is 10.7 Å². The molecule has 0 aliphatic carbocycles. The highest BCUT2D eigenvalue weighted by atomic mass is 16.5. The minimum atomic E-state index is -1.14. The lowest BCUT2D eigenvalue weighted by molar-refractivity contribution is -0.138. The van der Waals surface area contributed by atoms with E-state index in [1.165, 1.54) is 4.90 Å². The second kappa shape index (κ2) is 8.70. The van der Waals surface area contributed by atoms with Gasteiger partial charge in [-0.2, -0.15) is 5.01 Å². The molecule has 2 aliphatic rings. The summed E-state index contributed by atoms with van der Waals surface area (Å²) in [6, 6.07) is 15.8. The smallest absolute Gasteiger partial charge is 0.344 e. The van der Waals surface area contributed by atoms with Gasteiger partial charge in [-0.15, -0.1) is 0 Å². The average Bonchev–Trinajstić information content (AvgIpc) is 2.90. The first-order valence-corrected chi connectivity index (χ1v) is 10.4. The van der Waals surface area contributed by atoms with Crippen LogP contribution in [0.3, 0.4) is 0 Å². The Morgan fingerprint density at radius 1 is 1.09 bits per heavy atom. The summed E-state index contributed by atoms with van der Waals surface area (Å²) in [6.07, 6.45) is 1.08. The van der Waals surface area contributed by atoms with Crippen LogP contribution in [0.25, 0.3) is 0 Å². The zero-order valence-corrected chi connectivity index (χ0v) is 17.7. The van der Waals surface area contributed by atoms with Crippen LogP contribution < -0.4 is 20.4 Å². The number of rotatable bonds is 6. The van der Waals surface area contributed by atoms with E-state index >= 15 is 0 Å².